The summed E-state index contributed by atoms with van der Waals surface area (Å²) in [5.41, 5.74) is 0.584. The summed E-state index contributed by atoms with van der Waals surface area (Å²) in [6, 6.07) is 4.87. The molecule has 0 saturated carbocycles. The van der Waals surface area contributed by atoms with Crippen LogP contribution in [0.15, 0.2) is 35.1 Å². The first-order valence-electron chi connectivity index (χ1n) is 7.89. The Morgan fingerprint density at radius 2 is 2.11 bits per heavy atom. The quantitative estimate of drug-likeness (QED) is 0.725. The van der Waals surface area contributed by atoms with E-state index in [0.717, 1.165) is 16.7 Å². The molecule has 10 heteroatoms. The fourth-order valence-corrected chi connectivity index (χ4v) is 3.63. The minimum atomic E-state index is -0.467. The van der Waals surface area contributed by atoms with Gasteiger partial charge in [-0.05, 0) is 35.5 Å². The van der Waals surface area contributed by atoms with E-state index in [9.17, 15) is 14.4 Å². The van der Waals surface area contributed by atoms with E-state index in [1.165, 1.54) is 6.26 Å². The fourth-order valence-electron chi connectivity index (χ4n) is 2.31. The Bertz CT molecular complexity index is 856. The second-order valence-corrected chi connectivity index (χ2v) is 7.29. The normalized spacial score (nSPS) is 18.2. The van der Waals surface area contributed by atoms with Crippen LogP contribution in [0.2, 0.25) is 10.0 Å². The van der Waals surface area contributed by atoms with Crippen molar-refractivity contribution in [3.05, 3.63) is 50.7 Å². The number of nitrogens with one attached hydrogen (secondary N) is 1. The lowest BCUT2D eigenvalue weighted by Crippen LogP contribution is -2.38. The van der Waals surface area contributed by atoms with Gasteiger partial charge in [-0.3, -0.25) is 19.3 Å². The van der Waals surface area contributed by atoms with Crippen LogP contribution in [0.4, 0.5) is 4.79 Å². The Labute approximate surface area is 169 Å². The van der Waals surface area contributed by atoms with Crippen molar-refractivity contribution in [2.45, 2.75) is 0 Å². The average Bonchev–Trinajstić information content (AvgIpc) is 2.92. The maximum atomic E-state index is 12.5. The zero-order valence-corrected chi connectivity index (χ0v) is 16.2. The van der Waals surface area contributed by atoms with Gasteiger partial charge in [-0.15, -0.1) is 0 Å². The van der Waals surface area contributed by atoms with Crippen molar-refractivity contribution in [3.63, 3.8) is 0 Å². The molecule has 7 nitrogen and oxygen atoms in total. The molecule has 2 aliphatic heterocycles. The van der Waals surface area contributed by atoms with Crippen LogP contribution in [0.5, 0.6) is 0 Å². The maximum Gasteiger partial charge on any atom is 0.293 e. The molecule has 1 aromatic carbocycles. The molecule has 0 spiro atoms. The molecule has 1 aromatic rings. The van der Waals surface area contributed by atoms with Crippen molar-refractivity contribution in [2.24, 2.45) is 0 Å². The highest BCUT2D eigenvalue weighted by Crippen LogP contribution is 2.33. The predicted octanol–water partition coefficient (Wildman–Crippen LogP) is 3.03. The van der Waals surface area contributed by atoms with Crippen molar-refractivity contribution in [2.75, 3.05) is 26.3 Å². The van der Waals surface area contributed by atoms with E-state index >= 15 is 0 Å². The van der Waals surface area contributed by atoms with Gasteiger partial charge in [-0.2, -0.15) is 0 Å². The number of halogens is 2. The summed E-state index contributed by atoms with van der Waals surface area (Å²) in [7, 11) is 0. The molecule has 1 saturated heterocycles. The number of benzene rings is 1. The molecule has 0 bridgehead atoms. The molecule has 0 radical (unpaired) electrons. The Morgan fingerprint density at radius 1 is 1.30 bits per heavy atom. The largest absolute Gasteiger partial charge is 0.494 e. The highest BCUT2D eigenvalue weighted by molar-refractivity contribution is 8.18. The molecule has 0 aliphatic carbocycles. The van der Waals surface area contributed by atoms with Gasteiger partial charge in [0.1, 0.15) is 19.5 Å². The van der Waals surface area contributed by atoms with Crippen LogP contribution in [0.1, 0.15) is 5.56 Å². The number of hydrogen-bond acceptors (Lipinski definition) is 6. The molecule has 0 atom stereocenters. The molecule has 1 N–H and O–H groups in total. The zero-order chi connectivity index (χ0) is 19.4. The first-order valence-corrected chi connectivity index (χ1v) is 9.46. The number of thioether (sulfide) groups is 1. The van der Waals surface area contributed by atoms with Gasteiger partial charge in [0.25, 0.3) is 17.1 Å². The summed E-state index contributed by atoms with van der Waals surface area (Å²) < 4.78 is 10.2. The Morgan fingerprint density at radius 3 is 2.81 bits per heavy atom. The number of carbonyl (C=O) groups is 3. The van der Waals surface area contributed by atoms with E-state index in [4.69, 9.17) is 32.7 Å². The van der Waals surface area contributed by atoms with Crippen molar-refractivity contribution in [1.29, 1.82) is 0 Å². The van der Waals surface area contributed by atoms with Gasteiger partial charge in [0.05, 0.1) is 4.91 Å². The molecule has 1 fully saturated rings. The van der Waals surface area contributed by atoms with E-state index in [1.54, 1.807) is 24.3 Å². The lowest BCUT2D eigenvalue weighted by atomic mass is 10.2. The monoisotopic (exact) mass is 428 g/mol. The third kappa shape index (κ3) is 4.77. The van der Waals surface area contributed by atoms with Gasteiger partial charge in [0.2, 0.25) is 5.76 Å². The molecule has 3 rings (SSSR count). The van der Waals surface area contributed by atoms with Crippen LogP contribution in [0.25, 0.3) is 6.08 Å². The Balaban J connectivity index is 1.60. The summed E-state index contributed by atoms with van der Waals surface area (Å²) in [5.74, 6) is -0.848. The van der Waals surface area contributed by atoms with Crippen LogP contribution < -0.4 is 5.32 Å². The smallest absolute Gasteiger partial charge is 0.293 e. The number of hydrogen-bond donors (Lipinski definition) is 1. The Hall–Kier alpha value is -2.16. The molecule has 2 heterocycles. The van der Waals surface area contributed by atoms with E-state index < -0.39 is 17.1 Å². The minimum Gasteiger partial charge on any atom is -0.494 e. The van der Waals surface area contributed by atoms with Crippen molar-refractivity contribution >= 4 is 58.1 Å². The fraction of sp³-hybridized carbons (Fsp3) is 0.235. The summed E-state index contributed by atoms with van der Waals surface area (Å²) in [6.45, 7) is 0.806. The zero-order valence-electron chi connectivity index (χ0n) is 13.9. The maximum absolute atomic E-state index is 12.5. The molecule has 142 valence electrons. The van der Waals surface area contributed by atoms with Crippen LogP contribution in [-0.2, 0) is 19.1 Å². The lowest BCUT2D eigenvalue weighted by Gasteiger charge is -2.16. The Kier molecular flexibility index (Phi) is 6.30. The highest BCUT2D eigenvalue weighted by Gasteiger charge is 2.34. The first kappa shape index (κ1) is 19.6. The number of carbonyl (C=O) groups excluding carboxylic acids is 3. The van der Waals surface area contributed by atoms with Crippen LogP contribution in [0, 0.1) is 0 Å². The molecule has 0 unspecified atom stereocenters. The number of rotatable bonds is 5. The van der Waals surface area contributed by atoms with Crippen molar-refractivity contribution in [1.82, 2.24) is 10.2 Å². The van der Waals surface area contributed by atoms with Gasteiger partial charge >= 0.3 is 0 Å². The van der Waals surface area contributed by atoms with Gasteiger partial charge in [-0.1, -0.05) is 29.3 Å². The first-order chi connectivity index (χ1) is 13.0. The van der Waals surface area contributed by atoms with E-state index in [2.05, 4.69) is 5.32 Å². The third-order valence-corrected chi connectivity index (χ3v) is 5.09. The van der Waals surface area contributed by atoms with Crippen LogP contribution in [0.3, 0.4) is 0 Å². The van der Waals surface area contributed by atoms with Crippen molar-refractivity contribution in [3.8, 4) is 0 Å². The minimum absolute atomic E-state index is 0.0379. The van der Waals surface area contributed by atoms with Gasteiger partial charge in [0.15, 0.2) is 0 Å². The molecular weight excluding hydrogens is 415 g/mol. The lowest BCUT2D eigenvalue weighted by molar-refractivity contribution is -0.124. The average molecular weight is 429 g/mol. The number of ether oxygens (including phenoxy) is 2. The summed E-state index contributed by atoms with van der Waals surface area (Å²) in [5, 5.41) is 3.02. The van der Waals surface area contributed by atoms with Crippen molar-refractivity contribution < 1.29 is 23.9 Å². The van der Waals surface area contributed by atoms with E-state index in [1.807, 2.05) is 0 Å². The standard InChI is InChI=1S/C17H14Cl2N2O5S/c18-11-2-1-10(12(19)8-11)7-14-16(23)21(17(24)27-14)4-3-20-15(22)13-9-25-5-6-26-13/h1-2,7-9H,3-6H2,(H,20,22). The summed E-state index contributed by atoms with van der Waals surface area (Å²) in [4.78, 5) is 37.8. The number of nitrogens with zero attached hydrogens (tertiary/aromatic N) is 1. The van der Waals surface area contributed by atoms with Gasteiger partial charge in [0, 0.05) is 23.1 Å². The van der Waals surface area contributed by atoms with Gasteiger partial charge < -0.3 is 14.8 Å². The molecular formula is C17H14Cl2N2O5S. The number of amides is 3. The molecule has 27 heavy (non-hydrogen) atoms. The van der Waals surface area contributed by atoms with Crippen LogP contribution in [-0.4, -0.2) is 48.3 Å². The van der Waals surface area contributed by atoms with Crippen LogP contribution >= 0.6 is 35.0 Å². The summed E-state index contributed by atoms with van der Waals surface area (Å²) in [6.07, 6.45) is 2.78. The second kappa shape index (κ2) is 8.69. The number of imide groups is 1. The topological polar surface area (TPSA) is 84.9 Å². The summed E-state index contributed by atoms with van der Waals surface area (Å²) >= 11 is 12.8. The van der Waals surface area contributed by atoms with E-state index in [0.29, 0.717) is 28.8 Å². The van der Waals surface area contributed by atoms with Gasteiger partial charge in [-0.25, -0.2) is 0 Å². The SMILES string of the molecule is O=C(NCCN1C(=O)SC(=Cc2ccc(Cl)cc2Cl)C1=O)C1=COCCO1. The highest BCUT2D eigenvalue weighted by atomic mass is 35.5. The molecule has 0 aromatic heterocycles. The molecule has 2 aliphatic rings. The van der Waals surface area contributed by atoms with E-state index in [-0.39, 0.29) is 23.8 Å². The second-order valence-electron chi connectivity index (χ2n) is 5.46. The predicted molar refractivity (Wildman–Crippen MR) is 102 cm³/mol. The molecule has 3 amide bonds. The third-order valence-electron chi connectivity index (χ3n) is 3.62.